The van der Waals surface area contributed by atoms with Crippen LogP contribution in [0.3, 0.4) is 0 Å². The zero-order chi connectivity index (χ0) is 18.1. The van der Waals surface area contributed by atoms with Crippen LogP contribution in [0.5, 0.6) is 5.75 Å². The van der Waals surface area contributed by atoms with E-state index >= 15 is 0 Å². The zero-order valence-electron chi connectivity index (χ0n) is 14.3. The lowest BCUT2D eigenvalue weighted by Crippen LogP contribution is -2.38. The van der Waals surface area contributed by atoms with Crippen molar-refractivity contribution >= 4 is 39.1 Å². The van der Waals surface area contributed by atoms with Crippen molar-refractivity contribution in [1.29, 1.82) is 0 Å². The number of fused-ring (bicyclic) bond motifs is 2. The van der Waals surface area contributed by atoms with E-state index in [4.69, 9.17) is 4.74 Å². The van der Waals surface area contributed by atoms with E-state index in [0.29, 0.717) is 19.7 Å². The van der Waals surface area contributed by atoms with Gasteiger partial charge in [0.15, 0.2) is 0 Å². The third-order valence-electron chi connectivity index (χ3n) is 4.82. The van der Waals surface area contributed by atoms with Crippen LogP contribution in [0.4, 0.5) is 11.4 Å². The smallest absolute Gasteiger partial charge is 0.227 e. The summed E-state index contributed by atoms with van der Waals surface area (Å²) in [5.41, 5.74) is 2.91. The summed E-state index contributed by atoms with van der Waals surface area (Å²) in [5, 5.41) is 0. The predicted molar refractivity (Wildman–Crippen MR) is 104 cm³/mol. The molecule has 2 amide bonds. The van der Waals surface area contributed by atoms with Gasteiger partial charge in [0, 0.05) is 29.5 Å². The number of carbonyl (C=O) groups is 2. The van der Waals surface area contributed by atoms with E-state index in [2.05, 4.69) is 22.0 Å². The van der Waals surface area contributed by atoms with Crippen LogP contribution in [0.15, 0.2) is 46.9 Å². The fourth-order valence-electron chi connectivity index (χ4n) is 3.54. The summed E-state index contributed by atoms with van der Waals surface area (Å²) >= 11 is 3.47. The van der Waals surface area contributed by atoms with Crippen LogP contribution < -0.4 is 14.5 Å². The molecule has 2 aliphatic heterocycles. The van der Waals surface area contributed by atoms with Gasteiger partial charge in [-0.1, -0.05) is 28.1 Å². The maximum atomic E-state index is 12.7. The molecule has 0 unspecified atom stereocenters. The molecule has 0 N–H and O–H groups in total. The second kappa shape index (κ2) is 7.11. The van der Waals surface area contributed by atoms with Crippen molar-refractivity contribution in [2.45, 2.75) is 19.3 Å². The number of ether oxygens (including phenoxy) is 1. The van der Waals surface area contributed by atoms with Crippen molar-refractivity contribution in [3.05, 3.63) is 52.5 Å². The van der Waals surface area contributed by atoms with Gasteiger partial charge in [-0.2, -0.15) is 0 Å². The van der Waals surface area contributed by atoms with Gasteiger partial charge < -0.3 is 14.5 Å². The van der Waals surface area contributed by atoms with Gasteiger partial charge >= 0.3 is 0 Å². The number of nitrogens with zero attached hydrogens (tertiary/aromatic N) is 2. The van der Waals surface area contributed by atoms with E-state index in [0.717, 1.165) is 28.0 Å². The summed E-state index contributed by atoms with van der Waals surface area (Å²) in [6.45, 7) is 1.68. The largest absolute Gasteiger partial charge is 0.490 e. The van der Waals surface area contributed by atoms with Crippen LogP contribution in [-0.4, -0.2) is 31.5 Å². The molecular formula is C20H19BrN2O3. The van der Waals surface area contributed by atoms with E-state index in [9.17, 15) is 9.59 Å². The first-order valence-corrected chi connectivity index (χ1v) is 9.54. The molecule has 2 aromatic carbocycles. The molecule has 0 saturated heterocycles. The van der Waals surface area contributed by atoms with Crippen LogP contribution in [0.1, 0.15) is 18.4 Å². The minimum Gasteiger partial charge on any atom is -0.490 e. The highest BCUT2D eigenvalue weighted by molar-refractivity contribution is 9.10. The Hall–Kier alpha value is -2.34. The fraction of sp³-hybridized carbons (Fsp3) is 0.300. The average Bonchev–Trinajstić information content (AvgIpc) is 3.08. The monoisotopic (exact) mass is 414 g/mol. The first kappa shape index (κ1) is 17.1. The molecule has 6 heteroatoms. The van der Waals surface area contributed by atoms with Gasteiger partial charge in [-0.15, -0.1) is 0 Å². The first-order chi connectivity index (χ1) is 12.6. The number of amides is 2. The molecule has 0 atom stereocenters. The molecule has 26 heavy (non-hydrogen) atoms. The minimum atomic E-state index is -0.0377. The van der Waals surface area contributed by atoms with Crippen LogP contribution in [0.25, 0.3) is 0 Å². The Morgan fingerprint density at radius 2 is 1.69 bits per heavy atom. The van der Waals surface area contributed by atoms with E-state index < -0.39 is 0 Å². The summed E-state index contributed by atoms with van der Waals surface area (Å²) in [5.74, 6) is 0.683. The van der Waals surface area contributed by atoms with Crippen LogP contribution >= 0.6 is 15.9 Å². The summed E-state index contributed by atoms with van der Waals surface area (Å²) in [6.07, 6.45) is 1.27. The molecular weight excluding hydrogens is 396 g/mol. The van der Waals surface area contributed by atoms with Gasteiger partial charge in [-0.25, -0.2) is 0 Å². The molecule has 4 rings (SSSR count). The highest BCUT2D eigenvalue weighted by Crippen LogP contribution is 2.33. The van der Waals surface area contributed by atoms with Crippen molar-refractivity contribution in [2.75, 3.05) is 29.5 Å². The van der Waals surface area contributed by atoms with E-state index in [-0.39, 0.29) is 24.7 Å². The van der Waals surface area contributed by atoms with Crippen LogP contribution in [0.2, 0.25) is 0 Å². The SMILES string of the molecule is O=C(CCC(=O)N1CCOc2ccccc21)N1CCc2cc(Br)ccc21. The summed E-state index contributed by atoms with van der Waals surface area (Å²) in [7, 11) is 0. The summed E-state index contributed by atoms with van der Waals surface area (Å²) in [4.78, 5) is 28.8. The quantitative estimate of drug-likeness (QED) is 0.771. The molecule has 2 heterocycles. The molecule has 0 aliphatic carbocycles. The highest BCUT2D eigenvalue weighted by atomic mass is 79.9. The molecule has 0 saturated carbocycles. The molecule has 134 valence electrons. The minimum absolute atomic E-state index is 0.000895. The lowest BCUT2D eigenvalue weighted by molar-refractivity contribution is -0.123. The lowest BCUT2D eigenvalue weighted by atomic mass is 10.1. The number of hydrogen-bond donors (Lipinski definition) is 0. The summed E-state index contributed by atoms with van der Waals surface area (Å²) in [6, 6.07) is 13.5. The normalized spacial score (nSPS) is 15.3. The van der Waals surface area contributed by atoms with E-state index in [1.807, 2.05) is 36.4 Å². The Balaban J connectivity index is 1.41. The molecule has 0 aromatic heterocycles. The maximum Gasteiger partial charge on any atom is 0.227 e. The Morgan fingerprint density at radius 3 is 2.50 bits per heavy atom. The van der Waals surface area contributed by atoms with Gasteiger partial charge in [0.1, 0.15) is 12.4 Å². The van der Waals surface area contributed by atoms with Crippen LogP contribution in [-0.2, 0) is 16.0 Å². The standard InChI is InChI=1S/C20H19BrN2O3/c21-15-5-6-16-14(13-15)9-10-22(16)19(24)7-8-20(25)23-11-12-26-18-4-2-1-3-17(18)23/h1-6,13H,7-12H2. The van der Waals surface area contributed by atoms with Crippen molar-refractivity contribution in [1.82, 2.24) is 0 Å². The number of anilines is 2. The summed E-state index contributed by atoms with van der Waals surface area (Å²) < 4.78 is 6.61. The molecule has 0 radical (unpaired) electrons. The lowest BCUT2D eigenvalue weighted by Gasteiger charge is -2.29. The molecule has 0 bridgehead atoms. The number of rotatable bonds is 3. The zero-order valence-corrected chi connectivity index (χ0v) is 15.9. The molecule has 0 fully saturated rings. The number of hydrogen-bond acceptors (Lipinski definition) is 3. The van der Waals surface area contributed by atoms with Gasteiger partial charge in [0.25, 0.3) is 0 Å². The number of carbonyl (C=O) groups excluding carboxylic acids is 2. The predicted octanol–water partition coefficient (Wildman–Crippen LogP) is 3.54. The first-order valence-electron chi connectivity index (χ1n) is 8.74. The topological polar surface area (TPSA) is 49.9 Å². The molecule has 2 aromatic rings. The van der Waals surface area contributed by atoms with Crippen molar-refractivity contribution in [2.24, 2.45) is 0 Å². The number of para-hydroxylation sites is 2. The highest BCUT2D eigenvalue weighted by Gasteiger charge is 2.27. The van der Waals surface area contributed by atoms with Gasteiger partial charge in [0.2, 0.25) is 11.8 Å². The second-order valence-electron chi connectivity index (χ2n) is 6.43. The van der Waals surface area contributed by atoms with Gasteiger partial charge in [-0.3, -0.25) is 9.59 Å². The van der Waals surface area contributed by atoms with Crippen molar-refractivity contribution in [3.63, 3.8) is 0 Å². The average molecular weight is 415 g/mol. The third-order valence-corrected chi connectivity index (χ3v) is 5.31. The van der Waals surface area contributed by atoms with Crippen molar-refractivity contribution < 1.29 is 14.3 Å². The second-order valence-corrected chi connectivity index (χ2v) is 7.35. The third kappa shape index (κ3) is 3.21. The van der Waals surface area contributed by atoms with Gasteiger partial charge in [-0.05, 0) is 42.3 Å². The number of benzene rings is 2. The Bertz CT molecular complexity index is 868. The van der Waals surface area contributed by atoms with Crippen molar-refractivity contribution in [3.8, 4) is 5.75 Å². The molecule has 5 nitrogen and oxygen atoms in total. The fourth-order valence-corrected chi connectivity index (χ4v) is 3.95. The Kier molecular flexibility index (Phi) is 4.68. The maximum absolute atomic E-state index is 12.7. The molecule has 0 spiro atoms. The van der Waals surface area contributed by atoms with Gasteiger partial charge in [0.05, 0.1) is 12.2 Å². The van der Waals surface area contributed by atoms with Crippen LogP contribution in [0, 0.1) is 0 Å². The Labute approximate surface area is 160 Å². The Morgan fingerprint density at radius 1 is 0.962 bits per heavy atom. The number of halogens is 1. The van der Waals surface area contributed by atoms with E-state index in [1.54, 1.807) is 9.80 Å². The van der Waals surface area contributed by atoms with E-state index in [1.165, 1.54) is 5.56 Å². The molecule has 2 aliphatic rings.